The Morgan fingerprint density at radius 1 is 1.13 bits per heavy atom. The van der Waals surface area contributed by atoms with Crippen LogP contribution in [-0.4, -0.2) is 36.4 Å². The Kier molecular flexibility index (Phi) is 6.71. The Morgan fingerprint density at radius 2 is 1.87 bits per heavy atom. The Morgan fingerprint density at radius 3 is 2.58 bits per heavy atom. The van der Waals surface area contributed by atoms with Crippen molar-refractivity contribution in [3.8, 4) is 0 Å². The molecule has 5 heteroatoms. The van der Waals surface area contributed by atoms with Gasteiger partial charge >= 0.3 is 0 Å². The van der Waals surface area contributed by atoms with Crippen molar-refractivity contribution in [2.45, 2.75) is 57.5 Å². The van der Waals surface area contributed by atoms with E-state index in [-0.39, 0.29) is 11.6 Å². The Labute approximate surface area is 184 Å². The molecule has 3 aromatic rings. The maximum atomic E-state index is 13.7. The molecule has 0 unspecified atom stereocenters. The van der Waals surface area contributed by atoms with Gasteiger partial charge in [0.15, 0.2) is 0 Å². The predicted octanol–water partition coefficient (Wildman–Crippen LogP) is 4.90. The fraction of sp³-hybridized carbons (Fsp3) is 0.462. The average molecular weight is 420 g/mol. The van der Waals surface area contributed by atoms with Crippen LogP contribution in [0.2, 0.25) is 0 Å². The van der Waals surface area contributed by atoms with E-state index < -0.39 is 0 Å². The molecule has 5 nitrogen and oxygen atoms in total. The minimum absolute atomic E-state index is 0.0133. The summed E-state index contributed by atoms with van der Waals surface area (Å²) in [6.45, 7) is 2.38. The van der Waals surface area contributed by atoms with Gasteiger partial charge in [-0.1, -0.05) is 49.6 Å². The second kappa shape index (κ2) is 9.65. The first-order chi connectivity index (χ1) is 15.1. The maximum absolute atomic E-state index is 13.7. The molecular formula is C26H33N3O2. The van der Waals surface area contributed by atoms with Crippen LogP contribution in [0, 0.1) is 6.92 Å². The highest BCUT2D eigenvalue weighted by molar-refractivity contribution is 5.82. The molecule has 0 bridgehead atoms. The van der Waals surface area contributed by atoms with Crippen molar-refractivity contribution in [3.63, 3.8) is 0 Å². The van der Waals surface area contributed by atoms with Gasteiger partial charge in [-0.25, -0.2) is 4.98 Å². The van der Waals surface area contributed by atoms with Gasteiger partial charge in [0, 0.05) is 25.9 Å². The number of benzene rings is 2. The Bertz CT molecular complexity index is 1070. The molecule has 1 heterocycles. The molecule has 2 aromatic carbocycles. The lowest BCUT2D eigenvalue weighted by molar-refractivity contribution is 0.152. The smallest absolute Gasteiger partial charge is 0.261 e. The van der Waals surface area contributed by atoms with Gasteiger partial charge in [-0.3, -0.25) is 9.36 Å². The lowest BCUT2D eigenvalue weighted by Crippen LogP contribution is -2.34. The van der Waals surface area contributed by atoms with Crippen molar-refractivity contribution < 1.29 is 4.74 Å². The zero-order valence-corrected chi connectivity index (χ0v) is 18.9. The lowest BCUT2D eigenvalue weighted by Gasteiger charge is -2.33. The molecule has 0 N–H and O–H groups in total. The molecular weight excluding hydrogens is 386 g/mol. The minimum Gasteiger partial charge on any atom is -0.383 e. The van der Waals surface area contributed by atoms with Crippen LogP contribution in [-0.2, 0) is 11.2 Å². The van der Waals surface area contributed by atoms with Crippen LogP contribution >= 0.6 is 0 Å². The molecule has 0 spiro atoms. The molecule has 164 valence electrons. The molecule has 1 fully saturated rings. The summed E-state index contributed by atoms with van der Waals surface area (Å²) in [5.41, 5.74) is 3.05. The quantitative estimate of drug-likeness (QED) is 0.546. The summed E-state index contributed by atoms with van der Waals surface area (Å²) in [7, 11) is 3.84. The number of hydrogen-bond donors (Lipinski definition) is 0. The van der Waals surface area contributed by atoms with Crippen LogP contribution in [0.5, 0.6) is 0 Å². The van der Waals surface area contributed by atoms with E-state index in [0.29, 0.717) is 18.0 Å². The van der Waals surface area contributed by atoms with Gasteiger partial charge < -0.3 is 9.64 Å². The van der Waals surface area contributed by atoms with E-state index >= 15 is 0 Å². The highest BCUT2D eigenvalue weighted by Gasteiger charge is 2.21. The number of fused-ring (bicyclic) bond motifs is 1. The highest BCUT2D eigenvalue weighted by Crippen LogP contribution is 2.28. The third-order valence-corrected chi connectivity index (χ3v) is 6.63. The maximum Gasteiger partial charge on any atom is 0.261 e. The van der Waals surface area contributed by atoms with Crippen LogP contribution in [0.4, 0.5) is 5.69 Å². The molecule has 1 aromatic heterocycles. The van der Waals surface area contributed by atoms with Gasteiger partial charge in [-0.2, -0.15) is 0 Å². The van der Waals surface area contributed by atoms with Gasteiger partial charge in [-0.15, -0.1) is 0 Å². The van der Waals surface area contributed by atoms with E-state index in [4.69, 9.17) is 9.72 Å². The molecule has 0 aliphatic heterocycles. The monoisotopic (exact) mass is 419 g/mol. The zero-order valence-electron chi connectivity index (χ0n) is 18.9. The summed E-state index contributed by atoms with van der Waals surface area (Å²) >= 11 is 0. The van der Waals surface area contributed by atoms with Gasteiger partial charge in [0.05, 0.1) is 23.6 Å². The number of nitrogens with zero attached hydrogens (tertiary/aromatic N) is 3. The summed E-state index contributed by atoms with van der Waals surface area (Å²) in [6, 6.07) is 16.8. The molecule has 31 heavy (non-hydrogen) atoms. The first kappa shape index (κ1) is 21.6. The van der Waals surface area contributed by atoms with Crippen LogP contribution in [0.15, 0.2) is 53.3 Å². The summed E-state index contributed by atoms with van der Waals surface area (Å²) < 4.78 is 7.32. The lowest BCUT2D eigenvalue weighted by atomic mass is 9.94. The minimum atomic E-state index is -0.100. The van der Waals surface area contributed by atoms with Crippen molar-refractivity contribution in [2.24, 2.45) is 0 Å². The number of aryl methyl sites for hydroxylation is 1. The number of aromatic nitrogens is 2. The fourth-order valence-corrected chi connectivity index (χ4v) is 4.93. The third kappa shape index (κ3) is 4.67. The van der Waals surface area contributed by atoms with Crippen molar-refractivity contribution in [1.29, 1.82) is 0 Å². The second-order valence-corrected chi connectivity index (χ2v) is 8.74. The first-order valence-electron chi connectivity index (χ1n) is 11.4. The fourth-order valence-electron chi connectivity index (χ4n) is 4.93. The van der Waals surface area contributed by atoms with Crippen LogP contribution in [0.3, 0.4) is 0 Å². The average Bonchev–Trinajstić information content (AvgIpc) is 2.80. The van der Waals surface area contributed by atoms with Gasteiger partial charge in [0.2, 0.25) is 0 Å². The SMILES string of the molecule is COC[C@H](Cc1ccccc1)n1c(C)nc2ccc(N(C)C3CCCCC3)cc2c1=O. The summed E-state index contributed by atoms with van der Waals surface area (Å²) in [6.07, 6.45) is 7.07. The van der Waals surface area contributed by atoms with Crippen LogP contribution < -0.4 is 10.5 Å². The third-order valence-electron chi connectivity index (χ3n) is 6.63. The zero-order chi connectivity index (χ0) is 21.8. The Hall–Kier alpha value is -2.66. The number of rotatable bonds is 7. The molecule has 0 amide bonds. The van der Waals surface area contributed by atoms with E-state index in [9.17, 15) is 4.79 Å². The molecule has 4 rings (SSSR count). The van der Waals surface area contributed by atoms with Crippen LogP contribution in [0.1, 0.15) is 49.5 Å². The first-order valence-corrected chi connectivity index (χ1v) is 11.4. The number of ether oxygens (including phenoxy) is 1. The van der Waals surface area contributed by atoms with Crippen molar-refractivity contribution in [1.82, 2.24) is 9.55 Å². The van der Waals surface area contributed by atoms with Crippen molar-refractivity contribution >= 4 is 16.6 Å². The summed E-state index contributed by atoms with van der Waals surface area (Å²) in [5, 5.41) is 0.680. The normalized spacial score (nSPS) is 15.8. The van der Waals surface area contributed by atoms with Gasteiger partial charge in [0.1, 0.15) is 5.82 Å². The van der Waals surface area contributed by atoms with E-state index in [1.54, 1.807) is 7.11 Å². The standard InChI is InChI=1S/C26H33N3O2/c1-19-27-25-15-14-22(28(2)21-12-8-5-9-13-21)17-24(25)26(30)29(19)23(18-31-3)16-20-10-6-4-7-11-20/h4,6-7,10-11,14-15,17,21,23H,5,8-9,12-13,16,18H2,1-3H3/t23-/m0/s1. The molecule has 0 saturated heterocycles. The molecule has 1 aliphatic carbocycles. The molecule has 1 saturated carbocycles. The van der Waals surface area contributed by atoms with Gasteiger partial charge in [-0.05, 0) is 49.9 Å². The summed E-state index contributed by atoms with van der Waals surface area (Å²) in [4.78, 5) is 20.8. The van der Waals surface area contributed by atoms with E-state index in [0.717, 1.165) is 23.4 Å². The summed E-state index contributed by atoms with van der Waals surface area (Å²) in [5.74, 6) is 0.726. The molecule has 0 radical (unpaired) electrons. The van der Waals surface area contributed by atoms with E-state index in [1.165, 1.54) is 37.7 Å². The van der Waals surface area contributed by atoms with E-state index in [1.807, 2.05) is 41.8 Å². The Balaban J connectivity index is 1.73. The molecule has 1 aliphatic rings. The second-order valence-electron chi connectivity index (χ2n) is 8.74. The van der Waals surface area contributed by atoms with Crippen molar-refractivity contribution in [2.75, 3.05) is 25.7 Å². The van der Waals surface area contributed by atoms with Gasteiger partial charge in [0.25, 0.3) is 5.56 Å². The van der Waals surface area contributed by atoms with Crippen molar-refractivity contribution in [3.05, 3.63) is 70.3 Å². The number of methoxy groups -OCH3 is 1. The predicted molar refractivity (Wildman–Crippen MR) is 127 cm³/mol. The van der Waals surface area contributed by atoms with Crippen LogP contribution in [0.25, 0.3) is 10.9 Å². The topological polar surface area (TPSA) is 47.4 Å². The largest absolute Gasteiger partial charge is 0.383 e. The number of anilines is 1. The number of hydrogen-bond acceptors (Lipinski definition) is 4. The van der Waals surface area contributed by atoms with E-state index in [2.05, 4.69) is 30.1 Å². The highest BCUT2D eigenvalue weighted by atomic mass is 16.5. The molecule has 1 atom stereocenters.